The highest BCUT2D eigenvalue weighted by molar-refractivity contribution is 5.57. The van der Waals surface area contributed by atoms with Crippen LogP contribution in [0.5, 0.6) is 5.75 Å². The molecule has 100 valence electrons. The summed E-state index contributed by atoms with van der Waals surface area (Å²) >= 11 is 0. The fraction of sp³-hybridized carbons (Fsp3) is 0.231. The fourth-order valence-corrected chi connectivity index (χ4v) is 1.74. The number of allylic oxidation sites excluding steroid dienone is 2. The smallest absolute Gasteiger partial charge is 0.168 e. The van der Waals surface area contributed by atoms with Gasteiger partial charge in [-0.15, -0.1) is 0 Å². The Balaban J connectivity index is 2.23. The van der Waals surface area contributed by atoms with Crippen molar-refractivity contribution in [3.05, 3.63) is 48.7 Å². The molecule has 1 heterocycles. The van der Waals surface area contributed by atoms with Crippen LogP contribution in [0.2, 0.25) is 0 Å². The maximum absolute atomic E-state index is 9.97. The molecule has 2 N–H and O–H groups in total. The van der Waals surface area contributed by atoms with Gasteiger partial charge in [0.2, 0.25) is 0 Å². The van der Waals surface area contributed by atoms with Gasteiger partial charge in [-0.1, -0.05) is 18.7 Å². The Kier molecular flexibility index (Phi) is 3.82. The first kappa shape index (κ1) is 13.1. The van der Waals surface area contributed by atoms with E-state index in [1.54, 1.807) is 42.4 Å². The summed E-state index contributed by atoms with van der Waals surface area (Å²) in [4.78, 5) is 0. The molecular weight excluding hydrogens is 244 g/mol. The molecule has 1 atom stereocenters. The highest BCUT2D eigenvalue weighted by Gasteiger charge is 2.23. The van der Waals surface area contributed by atoms with E-state index in [2.05, 4.69) is 17.0 Å². The summed E-state index contributed by atoms with van der Waals surface area (Å²) in [7, 11) is 0. The lowest BCUT2D eigenvalue weighted by atomic mass is 10.1. The van der Waals surface area contributed by atoms with Crippen LogP contribution in [0.1, 0.15) is 5.56 Å². The molecule has 0 bridgehead atoms. The maximum Gasteiger partial charge on any atom is 0.168 e. The molecule has 0 aliphatic carbocycles. The SMILES string of the molecule is C=C/C=C/N1N=NN(c2cccc(O)c2C)CC1O. The number of hydrogen-bond acceptors (Lipinski definition) is 6. The fourth-order valence-electron chi connectivity index (χ4n) is 1.74. The summed E-state index contributed by atoms with van der Waals surface area (Å²) in [5.41, 5.74) is 1.42. The topological polar surface area (TPSA) is 71.7 Å². The van der Waals surface area contributed by atoms with Crippen molar-refractivity contribution in [3.8, 4) is 5.75 Å². The molecule has 1 unspecified atom stereocenters. The Hall–Kier alpha value is -2.34. The van der Waals surface area contributed by atoms with Gasteiger partial charge in [0.25, 0.3) is 0 Å². The Morgan fingerprint density at radius 1 is 1.42 bits per heavy atom. The number of rotatable bonds is 3. The molecule has 0 amide bonds. The predicted octanol–water partition coefficient (Wildman–Crippen LogP) is 2.12. The number of phenolic OH excluding ortho intramolecular Hbond substituents is 1. The molecule has 1 aromatic carbocycles. The normalized spacial score (nSPS) is 19.2. The third kappa shape index (κ3) is 2.74. The number of aliphatic hydroxyl groups is 1. The van der Waals surface area contributed by atoms with Gasteiger partial charge in [-0.3, -0.25) is 0 Å². The van der Waals surface area contributed by atoms with Crippen molar-refractivity contribution in [2.24, 2.45) is 10.4 Å². The van der Waals surface area contributed by atoms with Crippen LogP contribution in [0.4, 0.5) is 5.69 Å². The number of anilines is 1. The first-order valence-corrected chi connectivity index (χ1v) is 5.87. The third-order valence-corrected chi connectivity index (χ3v) is 2.82. The first-order valence-electron chi connectivity index (χ1n) is 5.87. The molecule has 6 nitrogen and oxygen atoms in total. The second-order valence-corrected chi connectivity index (χ2v) is 4.12. The molecule has 6 heteroatoms. The van der Waals surface area contributed by atoms with E-state index in [4.69, 9.17) is 0 Å². The summed E-state index contributed by atoms with van der Waals surface area (Å²) in [6, 6.07) is 5.15. The minimum Gasteiger partial charge on any atom is -0.508 e. The highest BCUT2D eigenvalue weighted by Crippen LogP contribution is 2.29. The second kappa shape index (κ2) is 5.53. The summed E-state index contributed by atoms with van der Waals surface area (Å²) in [6.07, 6.45) is 4.04. The molecule has 1 aliphatic heterocycles. The van der Waals surface area contributed by atoms with Gasteiger partial charge in [0, 0.05) is 11.8 Å². The Bertz CT molecular complexity index is 527. The Morgan fingerprint density at radius 3 is 2.89 bits per heavy atom. The average Bonchev–Trinajstić information content (AvgIpc) is 2.40. The van der Waals surface area contributed by atoms with E-state index < -0.39 is 6.23 Å². The quantitative estimate of drug-likeness (QED) is 0.817. The Labute approximate surface area is 111 Å². The van der Waals surface area contributed by atoms with Crippen LogP contribution in [0, 0.1) is 6.92 Å². The monoisotopic (exact) mass is 260 g/mol. The summed E-state index contributed by atoms with van der Waals surface area (Å²) < 4.78 is 0. The molecule has 1 aromatic rings. The summed E-state index contributed by atoms with van der Waals surface area (Å²) in [6.45, 7) is 5.60. The first-order chi connectivity index (χ1) is 9.13. The van der Waals surface area contributed by atoms with Crippen LogP contribution in [0.25, 0.3) is 0 Å². The number of benzene rings is 1. The van der Waals surface area contributed by atoms with Gasteiger partial charge in [0.15, 0.2) is 6.23 Å². The van der Waals surface area contributed by atoms with Gasteiger partial charge < -0.3 is 10.2 Å². The van der Waals surface area contributed by atoms with E-state index in [1.807, 2.05) is 6.07 Å². The molecule has 0 saturated heterocycles. The second-order valence-electron chi connectivity index (χ2n) is 4.12. The van der Waals surface area contributed by atoms with E-state index in [-0.39, 0.29) is 12.3 Å². The van der Waals surface area contributed by atoms with Crippen LogP contribution < -0.4 is 5.01 Å². The van der Waals surface area contributed by atoms with Crippen molar-refractivity contribution < 1.29 is 10.2 Å². The number of hydrogen-bond donors (Lipinski definition) is 2. The molecular formula is C13H16N4O2. The van der Waals surface area contributed by atoms with E-state index in [0.29, 0.717) is 5.56 Å². The lowest BCUT2D eigenvalue weighted by Gasteiger charge is -2.31. The zero-order chi connectivity index (χ0) is 13.8. The van der Waals surface area contributed by atoms with Crippen molar-refractivity contribution in [1.29, 1.82) is 0 Å². The van der Waals surface area contributed by atoms with E-state index in [0.717, 1.165) is 5.69 Å². The molecule has 0 fully saturated rings. The van der Waals surface area contributed by atoms with Crippen molar-refractivity contribution in [2.75, 3.05) is 11.6 Å². The largest absolute Gasteiger partial charge is 0.508 e. The molecule has 2 rings (SSSR count). The minimum absolute atomic E-state index is 0.191. The lowest BCUT2D eigenvalue weighted by molar-refractivity contribution is 0.0254. The van der Waals surface area contributed by atoms with Gasteiger partial charge in [-0.05, 0) is 35.6 Å². The zero-order valence-electron chi connectivity index (χ0n) is 10.6. The van der Waals surface area contributed by atoms with Crippen LogP contribution in [-0.4, -0.2) is 28.0 Å². The average molecular weight is 260 g/mol. The molecule has 19 heavy (non-hydrogen) atoms. The molecule has 0 radical (unpaired) electrons. The predicted molar refractivity (Wildman–Crippen MR) is 72.2 cm³/mol. The standard InChI is InChI=1S/C13H16N4O2/c1-3-4-8-16-13(19)9-17(15-14-16)11-6-5-7-12(18)10(11)2/h3-8,13,18-19H,1,9H2,2H3/b8-4+. The molecule has 0 aromatic heterocycles. The third-order valence-electron chi connectivity index (χ3n) is 2.82. The lowest BCUT2D eigenvalue weighted by Crippen LogP contribution is -2.41. The summed E-state index contributed by atoms with van der Waals surface area (Å²) in [5.74, 6) is 0.191. The van der Waals surface area contributed by atoms with Crippen molar-refractivity contribution in [2.45, 2.75) is 13.2 Å². The summed E-state index contributed by atoms with van der Waals surface area (Å²) in [5, 5.41) is 30.4. The van der Waals surface area contributed by atoms with Crippen LogP contribution in [-0.2, 0) is 0 Å². The van der Waals surface area contributed by atoms with Gasteiger partial charge in [0.05, 0.1) is 12.2 Å². The van der Waals surface area contributed by atoms with E-state index in [9.17, 15) is 10.2 Å². The van der Waals surface area contributed by atoms with E-state index >= 15 is 0 Å². The number of aromatic hydroxyl groups is 1. The zero-order valence-corrected chi connectivity index (χ0v) is 10.6. The molecule has 1 aliphatic rings. The number of nitrogens with zero attached hydrogens (tertiary/aromatic N) is 4. The van der Waals surface area contributed by atoms with Crippen molar-refractivity contribution in [3.63, 3.8) is 0 Å². The molecule has 0 saturated carbocycles. The minimum atomic E-state index is -0.810. The number of phenols is 1. The van der Waals surface area contributed by atoms with Crippen LogP contribution in [0.3, 0.4) is 0 Å². The van der Waals surface area contributed by atoms with E-state index in [1.165, 1.54) is 5.01 Å². The van der Waals surface area contributed by atoms with Crippen molar-refractivity contribution in [1.82, 2.24) is 5.01 Å². The number of aliphatic hydroxyl groups excluding tert-OH is 1. The van der Waals surface area contributed by atoms with Gasteiger partial charge in [-0.25, -0.2) is 10.0 Å². The van der Waals surface area contributed by atoms with Crippen LogP contribution in [0.15, 0.2) is 53.6 Å². The van der Waals surface area contributed by atoms with Crippen LogP contribution >= 0.6 is 0 Å². The van der Waals surface area contributed by atoms with Gasteiger partial charge in [0.1, 0.15) is 5.75 Å². The highest BCUT2D eigenvalue weighted by atomic mass is 16.3. The molecule has 0 spiro atoms. The Morgan fingerprint density at radius 2 is 2.21 bits per heavy atom. The van der Waals surface area contributed by atoms with Crippen molar-refractivity contribution >= 4 is 5.69 Å². The maximum atomic E-state index is 9.97. The number of β-amino-alcohol motifs (C(OH)–C–C–N with tert-alkyl or cyclic N) is 1. The van der Waals surface area contributed by atoms with Gasteiger partial charge in [-0.2, -0.15) is 0 Å². The van der Waals surface area contributed by atoms with Gasteiger partial charge >= 0.3 is 0 Å².